The summed E-state index contributed by atoms with van der Waals surface area (Å²) in [6.07, 6.45) is 5.84. The van der Waals surface area contributed by atoms with Crippen LogP contribution in [0.3, 0.4) is 0 Å². The fourth-order valence-corrected chi connectivity index (χ4v) is 2.46. The van der Waals surface area contributed by atoms with Crippen LogP contribution < -0.4 is 5.84 Å². The Morgan fingerprint density at radius 3 is 2.80 bits per heavy atom. The van der Waals surface area contributed by atoms with E-state index in [1.165, 1.54) is 4.68 Å². The van der Waals surface area contributed by atoms with Gasteiger partial charge in [0.2, 0.25) is 5.28 Å². The lowest BCUT2D eigenvalue weighted by molar-refractivity contribution is 1.03. The minimum Gasteiger partial charge on any atom is -0.338 e. The molecule has 0 atom stereocenters. The lowest BCUT2D eigenvalue weighted by Gasteiger charge is -2.05. The van der Waals surface area contributed by atoms with E-state index in [1.54, 1.807) is 18.6 Å². The largest absolute Gasteiger partial charge is 0.338 e. The number of pyridine rings is 1. The minimum absolute atomic E-state index is 0.199. The number of aromatic nitrogens is 4. The van der Waals surface area contributed by atoms with Crippen LogP contribution in [0.1, 0.15) is 12.5 Å². The number of aryl methyl sites for hydroxylation is 1. The summed E-state index contributed by atoms with van der Waals surface area (Å²) >= 11 is 11.9. The van der Waals surface area contributed by atoms with Gasteiger partial charge >= 0.3 is 0 Å². The van der Waals surface area contributed by atoms with Crippen molar-refractivity contribution in [1.82, 2.24) is 19.6 Å². The van der Waals surface area contributed by atoms with Gasteiger partial charge in [-0.2, -0.15) is 0 Å². The molecule has 3 heterocycles. The molecule has 0 bridgehead atoms. The van der Waals surface area contributed by atoms with Gasteiger partial charge in [0.05, 0.1) is 10.7 Å². The maximum absolute atomic E-state index is 6.02. The molecule has 0 fully saturated rings. The third-order valence-corrected chi connectivity index (χ3v) is 3.50. The molecule has 3 aromatic heterocycles. The summed E-state index contributed by atoms with van der Waals surface area (Å²) < 4.78 is 1.45. The zero-order valence-corrected chi connectivity index (χ0v) is 12.2. The van der Waals surface area contributed by atoms with Crippen LogP contribution in [0.2, 0.25) is 10.3 Å². The number of hydrogen-bond acceptors (Lipinski definition) is 4. The molecule has 102 valence electrons. The highest BCUT2D eigenvalue weighted by Gasteiger charge is 2.15. The summed E-state index contributed by atoms with van der Waals surface area (Å²) in [6, 6.07) is 1.82. The molecule has 0 saturated heterocycles. The van der Waals surface area contributed by atoms with Crippen molar-refractivity contribution in [3.63, 3.8) is 0 Å². The predicted molar refractivity (Wildman–Crippen MR) is 80.3 cm³/mol. The second kappa shape index (κ2) is 4.92. The van der Waals surface area contributed by atoms with E-state index < -0.39 is 0 Å². The number of nitrogen functional groups attached to an aromatic ring is 1. The van der Waals surface area contributed by atoms with E-state index in [0.717, 1.165) is 28.6 Å². The summed E-state index contributed by atoms with van der Waals surface area (Å²) in [7, 11) is 0. The quantitative estimate of drug-likeness (QED) is 0.583. The van der Waals surface area contributed by atoms with Gasteiger partial charge in [-0.3, -0.25) is 4.68 Å². The molecule has 7 heteroatoms. The monoisotopic (exact) mass is 307 g/mol. The highest BCUT2D eigenvalue weighted by atomic mass is 35.5. The summed E-state index contributed by atoms with van der Waals surface area (Å²) in [4.78, 5) is 12.6. The van der Waals surface area contributed by atoms with Gasteiger partial charge in [-0.25, -0.2) is 15.0 Å². The Morgan fingerprint density at radius 1 is 1.25 bits per heavy atom. The van der Waals surface area contributed by atoms with Crippen molar-refractivity contribution in [1.29, 1.82) is 0 Å². The zero-order chi connectivity index (χ0) is 14.3. The minimum atomic E-state index is 0.199. The van der Waals surface area contributed by atoms with Gasteiger partial charge in [0, 0.05) is 29.5 Å². The first-order valence-corrected chi connectivity index (χ1v) is 6.79. The molecular weight excluding hydrogens is 297 g/mol. The molecular formula is C13H11Cl2N5. The van der Waals surface area contributed by atoms with E-state index >= 15 is 0 Å². The maximum atomic E-state index is 6.02. The van der Waals surface area contributed by atoms with E-state index in [9.17, 15) is 0 Å². The van der Waals surface area contributed by atoms with Gasteiger partial charge < -0.3 is 5.84 Å². The van der Waals surface area contributed by atoms with Gasteiger partial charge in [-0.1, -0.05) is 18.5 Å². The molecule has 0 saturated carbocycles. The number of nitrogens with two attached hydrogens (primary N) is 1. The molecule has 3 rings (SSSR count). The molecule has 0 aliphatic rings. The summed E-state index contributed by atoms with van der Waals surface area (Å²) in [5.74, 6) is 5.93. The normalized spacial score (nSPS) is 11.2. The number of halogens is 2. The summed E-state index contributed by atoms with van der Waals surface area (Å²) in [5.41, 5.74) is 3.23. The fourth-order valence-electron chi connectivity index (χ4n) is 2.17. The Morgan fingerprint density at radius 2 is 2.05 bits per heavy atom. The average molecular weight is 308 g/mol. The van der Waals surface area contributed by atoms with Crippen LogP contribution in [0.15, 0.2) is 24.7 Å². The molecule has 5 nitrogen and oxygen atoms in total. The van der Waals surface area contributed by atoms with Crippen molar-refractivity contribution in [2.24, 2.45) is 0 Å². The molecule has 0 amide bonds. The van der Waals surface area contributed by atoms with E-state index in [0.29, 0.717) is 10.7 Å². The topological polar surface area (TPSA) is 69.6 Å². The standard InChI is InChI=1S/C13H11Cl2N5/c1-2-7-4-18-13(15)19-11(7)10-6-20(16)12-9(10)3-8(14)5-17-12/h3-6H,2,16H2,1H3. The lowest BCUT2D eigenvalue weighted by Crippen LogP contribution is -2.06. The van der Waals surface area contributed by atoms with Gasteiger partial charge in [0.15, 0.2) is 5.65 Å². The molecule has 3 aromatic rings. The molecule has 2 N–H and O–H groups in total. The molecule has 0 spiro atoms. The van der Waals surface area contributed by atoms with Crippen LogP contribution in [0.4, 0.5) is 0 Å². The van der Waals surface area contributed by atoms with Crippen LogP contribution in [-0.2, 0) is 6.42 Å². The first kappa shape index (κ1) is 13.1. The van der Waals surface area contributed by atoms with Crippen molar-refractivity contribution in [2.75, 3.05) is 5.84 Å². The average Bonchev–Trinajstić information content (AvgIpc) is 2.75. The van der Waals surface area contributed by atoms with Crippen molar-refractivity contribution in [3.8, 4) is 11.3 Å². The first-order valence-electron chi connectivity index (χ1n) is 6.03. The molecule has 20 heavy (non-hydrogen) atoms. The fraction of sp³-hybridized carbons (Fsp3) is 0.154. The third-order valence-electron chi connectivity index (χ3n) is 3.11. The highest BCUT2D eigenvalue weighted by Crippen LogP contribution is 2.31. The number of rotatable bonds is 2. The number of nitrogens with zero attached hydrogens (tertiary/aromatic N) is 4. The third kappa shape index (κ3) is 2.09. The van der Waals surface area contributed by atoms with Gasteiger partial charge in [-0.15, -0.1) is 0 Å². The van der Waals surface area contributed by atoms with Crippen LogP contribution in [-0.4, -0.2) is 19.6 Å². The molecule has 0 aliphatic carbocycles. The second-order valence-corrected chi connectivity index (χ2v) is 5.12. The first-order chi connectivity index (χ1) is 9.60. The summed E-state index contributed by atoms with van der Waals surface area (Å²) in [6.45, 7) is 2.03. The summed E-state index contributed by atoms with van der Waals surface area (Å²) in [5, 5.41) is 1.58. The molecule has 0 aromatic carbocycles. The van der Waals surface area contributed by atoms with Crippen LogP contribution in [0.25, 0.3) is 22.3 Å². The van der Waals surface area contributed by atoms with Crippen LogP contribution in [0.5, 0.6) is 0 Å². The van der Waals surface area contributed by atoms with E-state index in [4.69, 9.17) is 29.0 Å². The Bertz CT molecular complexity index is 797. The highest BCUT2D eigenvalue weighted by molar-refractivity contribution is 6.31. The van der Waals surface area contributed by atoms with Crippen LogP contribution >= 0.6 is 23.2 Å². The molecule has 0 unspecified atom stereocenters. The molecule has 0 radical (unpaired) electrons. The van der Waals surface area contributed by atoms with Crippen molar-refractivity contribution < 1.29 is 0 Å². The Labute approximate surface area is 125 Å². The maximum Gasteiger partial charge on any atom is 0.222 e. The van der Waals surface area contributed by atoms with Crippen molar-refractivity contribution in [3.05, 3.63) is 40.5 Å². The SMILES string of the molecule is CCc1cnc(Cl)nc1-c1cn(N)c2ncc(Cl)cc12. The Balaban J connectivity index is 2.35. The zero-order valence-electron chi connectivity index (χ0n) is 10.6. The van der Waals surface area contributed by atoms with Crippen LogP contribution in [0, 0.1) is 0 Å². The van der Waals surface area contributed by atoms with Crippen molar-refractivity contribution in [2.45, 2.75) is 13.3 Å². The Kier molecular flexibility index (Phi) is 3.23. The Hall–Kier alpha value is -1.85. The second-order valence-electron chi connectivity index (χ2n) is 4.34. The van der Waals surface area contributed by atoms with E-state index in [2.05, 4.69) is 15.0 Å². The van der Waals surface area contributed by atoms with E-state index in [1.807, 2.05) is 13.0 Å². The van der Waals surface area contributed by atoms with Gasteiger partial charge in [-0.05, 0) is 29.7 Å². The number of fused-ring (bicyclic) bond motifs is 1. The number of hydrogen-bond donors (Lipinski definition) is 1. The predicted octanol–water partition coefficient (Wildman–Crippen LogP) is 3.08. The van der Waals surface area contributed by atoms with Gasteiger partial charge in [0.25, 0.3) is 0 Å². The molecule has 0 aliphatic heterocycles. The van der Waals surface area contributed by atoms with Crippen molar-refractivity contribution >= 4 is 34.2 Å². The smallest absolute Gasteiger partial charge is 0.222 e. The lowest BCUT2D eigenvalue weighted by atomic mass is 10.1. The van der Waals surface area contributed by atoms with E-state index in [-0.39, 0.29) is 5.28 Å². The van der Waals surface area contributed by atoms with Gasteiger partial charge in [0.1, 0.15) is 0 Å².